The Balaban J connectivity index is 2.46. The summed E-state index contributed by atoms with van der Waals surface area (Å²) >= 11 is 0. The van der Waals surface area contributed by atoms with E-state index >= 15 is 0 Å². The largest absolute Gasteiger partial charge is 0.393 e. The number of hydroxylamine groups is 2. The molecule has 0 bridgehead atoms. The molecule has 4 nitrogen and oxygen atoms in total. The van der Waals surface area contributed by atoms with Gasteiger partial charge in [-0.15, -0.1) is 0 Å². The molecule has 0 aliphatic carbocycles. The van der Waals surface area contributed by atoms with E-state index in [1.165, 1.54) is 0 Å². The van der Waals surface area contributed by atoms with Crippen molar-refractivity contribution in [1.29, 1.82) is 0 Å². The van der Waals surface area contributed by atoms with Crippen molar-refractivity contribution in [2.45, 2.75) is 25.4 Å². The minimum atomic E-state index is -0.430. The number of hydrogen-bond acceptors (Lipinski definition) is 3. The van der Waals surface area contributed by atoms with Gasteiger partial charge in [0.15, 0.2) is 0 Å². The van der Waals surface area contributed by atoms with Crippen LogP contribution in [0.2, 0.25) is 0 Å². The first-order chi connectivity index (χ1) is 4.70. The van der Waals surface area contributed by atoms with Crippen molar-refractivity contribution in [3.8, 4) is 0 Å². The summed E-state index contributed by atoms with van der Waals surface area (Å²) in [6.45, 7) is 0.250. The van der Waals surface area contributed by atoms with Gasteiger partial charge in [0, 0.05) is 6.42 Å². The molecule has 2 N–H and O–H groups in total. The van der Waals surface area contributed by atoms with Crippen LogP contribution in [-0.2, 0) is 4.79 Å². The van der Waals surface area contributed by atoms with E-state index < -0.39 is 6.10 Å². The van der Waals surface area contributed by atoms with E-state index in [9.17, 15) is 4.79 Å². The summed E-state index contributed by atoms with van der Waals surface area (Å²) in [6, 6.07) is 0. The molecule has 1 amide bonds. The summed E-state index contributed by atoms with van der Waals surface area (Å²) in [5, 5.41) is 18.6. The normalized spacial score (nSPS) is 28.4. The van der Waals surface area contributed by atoms with Crippen LogP contribution in [0.25, 0.3) is 0 Å². The molecule has 4 heteroatoms. The van der Waals surface area contributed by atoms with Gasteiger partial charge < -0.3 is 5.11 Å². The van der Waals surface area contributed by atoms with Gasteiger partial charge in [-0.3, -0.25) is 10.0 Å². The summed E-state index contributed by atoms with van der Waals surface area (Å²) in [6.07, 6.45) is 0.761. The maximum atomic E-state index is 10.7. The van der Waals surface area contributed by atoms with Crippen LogP contribution in [0.4, 0.5) is 0 Å². The van der Waals surface area contributed by atoms with Crippen LogP contribution in [0.15, 0.2) is 0 Å². The summed E-state index contributed by atoms with van der Waals surface area (Å²) in [5.41, 5.74) is 0. The molecule has 1 saturated heterocycles. The Bertz CT molecular complexity index is 137. The molecule has 1 fully saturated rings. The minimum absolute atomic E-state index is 0.248. The second-order valence-corrected chi connectivity index (χ2v) is 2.50. The van der Waals surface area contributed by atoms with Gasteiger partial charge in [-0.25, -0.2) is 5.06 Å². The van der Waals surface area contributed by atoms with Gasteiger partial charge in [0.05, 0.1) is 12.6 Å². The highest BCUT2D eigenvalue weighted by atomic mass is 16.5. The zero-order valence-corrected chi connectivity index (χ0v) is 5.66. The molecule has 1 aliphatic rings. The Morgan fingerprint density at radius 3 is 2.90 bits per heavy atom. The number of carbonyl (C=O) groups is 1. The molecule has 0 aromatic rings. The molecule has 10 heavy (non-hydrogen) atoms. The lowest BCUT2D eigenvalue weighted by Gasteiger charge is -2.09. The van der Waals surface area contributed by atoms with Crippen molar-refractivity contribution in [2.24, 2.45) is 0 Å². The topological polar surface area (TPSA) is 60.8 Å². The lowest BCUT2D eigenvalue weighted by atomic mass is 10.2. The zero-order valence-electron chi connectivity index (χ0n) is 5.66. The molecule has 0 spiro atoms. The fourth-order valence-electron chi connectivity index (χ4n) is 0.959. The Hall–Kier alpha value is -0.610. The SMILES string of the molecule is O=C1CCC(O)CCN1O. The van der Waals surface area contributed by atoms with Gasteiger partial charge in [0.25, 0.3) is 0 Å². The van der Waals surface area contributed by atoms with Gasteiger partial charge in [-0.05, 0) is 12.8 Å². The van der Waals surface area contributed by atoms with Crippen molar-refractivity contribution in [1.82, 2.24) is 5.06 Å². The predicted octanol–water partition coefficient (Wildman–Crippen LogP) is -0.251. The Morgan fingerprint density at radius 2 is 2.20 bits per heavy atom. The van der Waals surface area contributed by atoms with Crippen molar-refractivity contribution < 1.29 is 15.1 Å². The van der Waals surface area contributed by atoms with Crippen LogP contribution in [0.3, 0.4) is 0 Å². The maximum Gasteiger partial charge on any atom is 0.246 e. The first-order valence-electron chi connectivity index (χ1n) is 3.37. The van der Waals surface area contributed by atoms with Gasteiger partial charge in [-0.2, -0.15) is 0 Å². The summed E-state index contributed by atoms with van der Waals surface area (Å²) in [7, 11) is 0. The summed E-state index contributed by atoms with van der Waals surface area (Å²) in [5.74, 6) is -0.295. The minimum Gasteiger partial charge on any atom is -0.393 e. The standard InChI is InChI=1S/C6H11NO3/c8-5-1-2-6(9)7(10)4-3-5/h5,8,10H,1-4H2. The maximum absolute atomic E-state index is 10.7. The van der Waals surface area contributed by atoms with Gasteiger partial charge in [0.1, 0.15) is 0 Å². The molecule has 0 aromatic carbocycles. The molecule has 1 unspecified atom stereocenters. The Morgan fingerprint density at radius 1 is 1.50 bits per heavy atom. The molecule has 1 aliphatic heterocycles. The lowest BCUT2D eigenvalue weighted by Crippen LogP contribution is -2.26. The van der Waals surface area contributed by atoms with E-state index in [1.54, 1.807) is 0 Å². The first kappa shape index (κ1) is 7.50. The first-order valence-corrected chi connectivity index (χ1v) is 3.37. The predicted molar refractivity (Wildman–Crippen MR) is 33.4 cm³/mol. The van der Waals surface area contributed by atoms with Crippen molar-refractivity contribution in [3.63, 3.8) is 0 Å². The Kier molecular flexibility index (Phi) is 2.24. The third-order valence-corrected chi connectivity index (χ3v) is 1.65. The third kappa shape index (κ3) is 1.68. The van der Waals surface area contributed by atoms with Gasteiger partial charge >= 0.3 is 0 Å². The van der Waals surface area contributed by atoms with Crippen LogP contribution in [0.1, 0.15) is 19.3 Å². The number of aliphatic hydroxyl groups is 1. The highest BCUT2D eigenvalue weighted by Gasteiger charge is 2.18. The van der Waals surface area contributed by atoms with E-state index in [4.69, 9.17) is 10.3 Å². The summed E-state index contributed by atoms with van der Waals surface area (Å²) in [4.78, 5) is 10.7. The number of carbonyl (C=O) groups excluding carboxylic acids is 1. The van der Waals surface area contributed by atoms with Crippen LogP contribution >= 0.6 is 0 Å². The number of nitrogens with zero attached hydrogens (tertiary/aromatic N) is 1. The van der Waals surface area contributed by atoms with Crippen molar-refractivity contribution in [2.75, 3.05) is 6.54 Å². The smallest absolute Gasteiger partial charge is 0.246 e. The van der Waals surface area contributed by atoms with Crippen LogP contribution in [-0.4, -0.2) is 33.9 Å². The second kappa shape index (κ2) is 2.98. The van der Waals surface area contributed by atoms with E-state index in [2.05, 4.69) is 0 Å². The molecular weight excluding hydrogens is 134 g/mol. The molecule has 1 heterocycles. The Labute approximate surface area is 59.0 Å². The highest BCUT2D eigenvalue weighted by molar-refractivity contribution is 5.75. The van der Waals surface area contributed by atoms with Crippen LogP contribution < -0.4 is 0 Å². The van der Waals surface area contributed by atoms with E-state index in [0.29, 0.717) is 17.9 Å². The van der Waals surface area contributed by atoms with Crippen LogP contribution in [0.5, 0.6) is 0 Å². The van der Waals surface area contributed by atoms with Gasteiger partial charge in [0.2, 0.25) is 5.91 Å². The number of amides is 1. The van der Waals surface area contributed by atoms with Crippen molar-refractivity contribution in [3.05, 3.63) is 0 Å². The molecule has 1 rings (SSSR count). The van der Waals surface area contributed by atoms with Crippen molar-refractivity contribution >= 4 is 5.91 Å². The van der Waals surface area contributed by atoms with E-state index in [1.807, 2.05) is 0 Å². The molecule has 0 radical (unpaired) electrons. The number of hydrogen-bond donors (Lipinski definition) is 2. The third-order valence-electron chi connectivity index (χ3n) is 1.65. The molecular formula is C6H11NO3. The zero-order chi connectivity index (χ0) is 7.56. The number of rotatable bonds is 0. The molecule has 0 aromatic heterocycles. The molecule has 0 saturated carbocycles. The lowest BCUT2D eigenvalue weighted by molar-refractivity contribution is -0.164. The average Bonchev–Trinajstić information content (AvgIpc) is 2.04. The molecule has 58 valence electrons. The fraction of sp³-hybridized carbons (Fsp3) is 0.833. The number of aliphatic hydroxyl groups excluding tert-OH is 1. The highest BCUT2D eigenvalue weighted by Crippen LogP contribution is 2.09. The van der Waals surface area contributed by atoms with Gasteiger partial charge in [-0.1, -0.05) is 0 Å². The second-order valence-electron chi connectivity index (χ2n) is 2.50. The monoisotopic (exact) mass is 145 g/mol. The average molecular weight is 145 g/mol. The summed E-state index contributed by atoms with van der Waals surface area (Å²) < 4.78 is 0. The quantitative estimate of drug-likeness (QED) is 0.462. The molecule has 1 atom stereocenters. The van der Waals surface area contributed by atoms with E-state index in [-0.39, 0.29) is 18.9 Å². The fourth-order valence-corrected chi connectivity index (χ4v) is 0.959. The van der Waals surface area contributed by atoms with Crippen LogP contribution in [0, 0.1) is 0 Å². The van der Waals surface area contributed by atoms with E-state index in [0.717, 1.165) is 0 Å².